The number of carbonyl (C=O) groups excluding carboxylic acids is 2. The van der Waals surface area contributed by atoms with Gasteiger partial charge in [0.15, 0.2) is 0 Å². The number of thioether (sulfide) groups is 1. The average Bonchev–Trinajstić information content (AvgIpc) is 3.15. The normalized spacial score (nSPS) is 15.7. The van der Waals surface area contributed by atoms with Gasteiger partial charge in [-0.2, -0.15) is 0 Å². The summed E-state index contributed by atoms with van der Waals surface area (Å²) in [6.45, 7) is 0.473. The lowest BCUT2D eigenvalue weighted by atomic mass is 10.0. The molecule has 1 atom stereocenters. The summed E-state index contributed by atoms with van der Waals surface area (Å²) in [6.07, 6.45) is 2.23. The molecule has 1 saturated heterocycles. The highest BCUT2D eigenvalue weighted by atomic mass is 32.2. The van der Waals surface area contributed by atoms with Crippen molar-refractivity contribution < 1.29 is 14.3 Å². The van der Waals surface area contributed by atoms with Gasteiger partial charge in [-0.25, -0.2) is 0 Å². The Bertz CT molecular complexity index is 1290. The Morgan fingerprint density at radius 3 is 2.41 bits per heavy atom. The van der Waals surface area contributed by atoms with Crippen LogP contribution in [0.2, 0.25) is 0 Å². The second kappa shape index (κ2) is 8.85. The van der Waals surface area contributed by atoms with Crippen LogP contribution in [0.5, 0.6) is 5.75 Å². The molecule has 5 nitrogen and oxygen atoms in total. The predicted molar refractivity (Wildman–Crippen MR) is 127 cm³/mol. The largest absolute Gasteiger partial charge is 0.489 e. The second-order valence-corrected chi connectivity index (χ2v) is 8.81. The molecule has 32 heavy (non-hydrogen) atoms. The smallest absolute Gasteiger partial charge is 0.286 e. The summed E-state index contributed by atoms with van der Waals surface area (Å²) >= 11 is 1.03. The first-order valence-corrected chi connectivity index (χ1v) is 11.2. The van der Waals surface area contributed by atoms with Crippen molar-refractivity contribution in [3.05, 3.63) is 96.2 Å². The lowest BCUT2D eigenvalue weighted by Gasteiger charge is -2.10. The summed E-state index contributed by atoms with van der Waals surface area (Å²) in [5.41, 5.74) is 5.21. The first-order chi connectivity index (χ1) is 15.6. The van der Waals surface area contributed by atoms with E-state index in [1.807, 2.05) is 42.5 Å². The molecule has 0 radical (unpaired) electrons. The first kappa shape index (κ1) is 20.3. The minimum Gasteiger partial charge on any atom is -0.489 e. The van der Waals surface area contributed by atoms with Crippen molar-refractivity contribution in [1.29, 1.82) is 0 Å². The van der Waals surface area contributed by atoms with Crippen LogP contribution in [0.25, 0.3) is 22.0 Å². The monoisotopic (exact) mass is 440 g/mol. The van der Waals surface area contributed by atoms with E-state index in [1.54, 1.807) is 6.20 Å². The van der Waals surface area contributed by atoms with E-state index >= 15 is 0 Å². The molecular weight excluding hydrogens is 420 g/mol. The third-order valence-corrected chi connectivity index (χ3v) is 6.35. The number of carbonyl (C=O) groups is 2. The standard InChI is InChI=1S/C26H20N2O3S/c29-25-24(32-26(30)28-25)13-18-12-21-10-11-22(14-23(21)27-15-18)31-16-17-6-8-20(9-7-17)19-4-2-1-3-5-19/h1-12,14-15,24H,13,16H2,(H,28,29,30). The highest BCUT2D eigenvalue weighted by molar-refractivity contribution is 8.15. The topological polar surface area (TPSA) is 68.3 Å². The zero-order chi connectivity index (χ0) is 21.9. The van der Waals surface area contributed by atoms with E-state index in [4.69, 9.17) is 4.74 Å². The van der Waals surface area contributed by atoms with Crippen LogP contribution in [0.15, 0.2) is 85.1 Å². The summed E-state index contributed by atoms with van der Waals surface area (Å²) in [5.74, 6) is 0.516. The van der Waals surface area contributed by atoms with Gasteiger partial charge in [-0.3, -0.25) is 19.9 Å². The molecule has 1 aliphatic heterocycles. The number of benzene rings is 3. The fourth-order valence-corrected chi connectivity index (χ4v) is 4.54. The van der Waals surface area contributed by atoms with Gasteiger partial charge in [0.1, 0.15) is 12.4 Å². The Balaban J connectivity index is 1.24. The number of pyridine rings is 1. The Morgan fingerprint density at radius 1 is 0.875 bits per heavy atom. The third kappa shape index (κ3) is 4.50. The first-order valence-electron chi connectivity index (χ1n) is 10.3. The van der Waals surface area contributed by atoms with Gasteiger partial charge >= 0.3 is 0 Å². The molecule has 6 heteroatoms. The number of amides is 2. The van der Waals surface area contributed by atoms with Crippen LogP contribution in [-0.2, 0) is 17.8 Å². The number of ether oxygens (including phenoxy) is 1. The van der Waals surface area contributed by atoms with Crippen molar-refractivity contribution in [2.24, 2.45) is 0 Å². The lowest BCUT2D eigenvalue weighted by Crippen LogP contribution is -2.25. The van der Waals surface area contributed by atoms with Crippen LogP contribution in [0.1, 0.15) is 11.1 Å². The van der Waals surface area contributed by atoms with Gasteiger partial charge in [0, 0.05) is 17.6 Å². The van der Waals surface area contributed by atoms with Gasteiger partial charge in [0.25, 0.3) is 5.24 Å². The molecule has 1 aliphatic rings. The molecule has 0 spiro atoms. The molecule has 158 valence electrons. The lowest BCUT2D eigenvalue weighted by molar-refractivity contribution is -0.118. The summed E-state index contributed by atoms with van der Waals surface area (Å²) in [6, 6.07) is 26.5. The van der Waals surface area contributed by atoms with Crippen molar-refractivity contribution >= 4 is 33.8 Å². The van der Waals surface area contributed by atoms with Crippen molar-refractivity contribution in [1.82, 2.24) is 10.3 Å². The van der Waals surface area contributed by atoms with Gasteiger partial charge in [0.05, 0.1) is 10.8 Å². The molecule has 0 aliphatic carbocycles. The summed E-state index contributed by atoms with van der Waals surface area (Å²) in [4.78, 5) is 27.7. The number of nitrogens with zero attached hydrogens (tertiary/aromatic N) is 1. The Kier molecular flexibility index (Phi) is 5.60. The van der Waals surface area contributed by atoms with E-state index in [0.29, 0.717) is 13.0 Å². The third-order valence-electron chi connectivity index (χ3n) is 5.37. The number of rotatable bonds is 6. The van der Waals surface area contributed by atoms with Crippen LogP contribution in [0.4, 0.5) is 4.79 Å². The molecule has 1 aromatic heterocycles. The zero-order valence-corrected chi connectivity index (χ0v) is 18.0. The van der Waals surface area contributed by atoms with E-state index in [1.165, 1.54) is 11.1 Å². The van der Waals surface area contributed by atoms with Gasteiger partial charge in [-0.05, 0) is 46.9 Å². The van der Waals surface area contributed by atoms with Crippen LogP contribution in [-0.4, -0.2) is 21.4 Å². The SMILES string of the molecule is O=C1NC(=O)C(Cc2cnc3cc(OCc4ccc(-c5ccccc5)cc4)ccc3c2)S1. The van der Waals surface area contributed by atoms with Crippen molar-refractivity contribution in [3.8, 4) is 16.9 Å². The fourth-order valence-electron chi connectivity index (χ4n) is 3.68. The number of imide groups is 1. The molecule has 1 N–H and O–H groups in total. The highest BCUT2D eigenvalue weighted by Crippen LogP contribution is 2.26. The molecule has 2 amide bonds. The van der Waals surface area contributed by atoms with Gasteiger partial charge in [-0.15, -0.1) is 0 Å². The van der Waals surface area contributed by atoms with E-state index in [9.17, 15) is 9.59 Å². The number of aromatic nitrogens is 1. The molecule has 4 aromatic rings. The number of nitrogens with one attached hydrogen (secondary N) is 1. The van der Waals surface area contributed by atoms with E-state index in [2.05, 4.69) is 46.7 Å². The number of hydrogen-bond donors (Lipinski definition) is 1. The maximum atomic E-state index is 11.8. The molecular formula is C26H20N2O3S. The average molecular weight is 441 g/mol. The van der Waals surface area contributed by atoms with Crippen molar-refractivity contribution in [3.63, 3.8) is 0 Å². The maximum absolute atomic E-state index is 11.8. The Morgan fingerprint density at radius 2 is 1.66 bits per heavy atom. The summed E-state index contributed by atoms with van der Waals surface area (Å²) in [7, 11) is 0. The molecule has 1 unspecified atom stereocenters. The van der Waals surface area contributed by atoms with Gasteiger partial charge in [0.2, 0.25) is 5.91 Å². The maximum Gasteiger partial charge on any atom is 0.286 e. The molecule has 1 fully saturated rings. The van der Waals surface area contributed by atoms with Gasteiger partial charge < -0.3 is 4.74 Å². The van der Waals surface area contributed by atoms with Crippen LogP contribution >= 0.6 is 11.8 Å². The molecule has 3 aromatic carbocycles. The molecule has 5 rings (SSSR count). The minimum atomic E-state index is -0.391. The quantitative estimate of drug-likeness (QED) is 0.436. The number of fused-ring (bicyclic) bond motifs is 1. The predicted octanol–water partition coefficient (Wildman–Crippen LogP) is 5.37. The van der Waals surface area contributed by atoms with Crippen LogP contribution in [0, 0.1) is 0 Å². The van der Waals surface area contributed by atoms with E-state index < -0.39 is 5.25 Å². The van der Waals surface area contributed by atoms with Crippen LogP contribution in [0.3, 0.4) is 0 Å². The summed E-state index contributed by atoms with van der Waals surface area (Å²) in [5, 5.41) is 2.61. The summed E-state index contributed by atoms with van der Waals surface area (Å²) < 4.78 is 5.98. The highest BCUT2D eigenvalue weighted by Gasteiger charge is 2.31. The Hall–Kier alpha value is -3.64. The number of hydrogen-bond acceptors (Lipinski definition) is 5. The molecule has 0 bridgehead atoms. The molecule has 0 saturated carbocycles. The fraction of sp³-hybridized carbons (Fsp3) is 0.115. The van der Waals surface area contributed by atoms with Crippen molar-refractivity contribution in [2.45, 2.75) is 18.3 Å². The van der Waals surface area contributed by atoms with Gasteiger partial charge in [-0.1, -0.05) is 66.4 Å². The zero-order valence-electron chi connectivity index (χ0n) is 17.2. The van der Waals surface area contributed by atoms with E-state index in [0.717, 1.165) is 39.5 Å². The minimum absolute atomic E-state index is 0.236. The van der Waals surface area contributed by atoms with E-state index in [-0.39, 0.29) is 11.1 Å². The second-order valence-electron chi connectivity index (χ2n) is 7.64. The van der Waals surface area contributed by atoms with Crippen LogP contribution < -0.4 is 10.1 Å². The molecule has 2 heterocycles. The van der Waals surface area contributed by atoms with Crippen molar-refractivity contribution in [2.75, 3.05) is 0 Å². The Labute approximate surface area is 189 Å².